The van der Waals surface area contributed by atoms with Gasteiger partial charge in [0.1, 0.15) is 0 Å². The first-order chi connectivity index (χ1) is 8.25. The third-order valence-electron chi connectivity index (χ3n) is 2.61. The van der Waals surface area contributed by atoms with E-state index >= 15 is 0 Å². The topological polar surface area (TPSA) is 54.5 Å². The highest BCUT2D eigenvalue weighted by Gasteiger charge is 2.15. The predicted octanol–water partition coefficient (Wildman–Crippen LogP) is 0.400. The van der Waals surface area contributed by atoms with Crippen LogP contribution in [0, 0.1) is 6.92 Å². The Labute approximate surface area is 105 Å². The number of rotatable bonds is 4. The summed E-state index contributed by atoms with van der Waals surface area (Å²) >= 11 is 1.66. The number of aromatic nitrogens is 1. The summed E-state index contributed by atoms with van der Waals surface area (Å²) in [5, 5.41) is 4.21. The summed E-state index contributed by atoms with van der Waals surface area (Å²) in [5.41, 5.74) is 0. The molecule has 0 aliphatic carbocycles. The molecule has 2 heterocycles. The maximum Gasteiger partial charge on any atom is 0.236 e. The second-order valence-electron chi connectivity index (χ2n) is 3.94. The SMILES string of the molecule is Cc1ncc(CNCC(=O)N2CCOCC2)s1. The van der Waals surface area contributed by atoms with Gasteiger partial charge in [-0.1, -0.05) is 0 Å². The summed E-state index contributed by atoms with van der Waals surface area (Å²) < 4.78 is 5.21. The van der Waals surface area contributed by atoms with E-state index in [4.69, 9.17) is 4.74 Å². The van der Waals surface area contributed by atoms with Gasteiger partial charge in [0.05, 0.1) is 24.8 Å². The van der Waals surface area contributed by atoms with Crippen molar-refractivity contribution < 1.29 is 9.53 Å². The molecule has 1 aliphatic rings. The first-order valence-corrected chi connectivity index (χ1v) is 6.55. The van der Waals surface area contributed by atoms with Crippen LogP contribution >= 0.6 is 11.3 Å². The number of carbonyl (C=O) groups excluding carboxylic acids is 1. The first-order valence-electron chi connectivity index (χ1n) is 5.73. The van der Waals surface area contributed by atoms with Crippen LogP contribution in [0.2, 0.25) is 0 Å². The summed E-state index contributed by atoms with van der Waals surface area (Å²) in [6.07, 6.45) is 1.85. The summed E-state index contributed by atoms with van der Waals surface area (Å²) in [5.74, 6) is 0.148. The Morgan fingerprint density at radius 1 is 1.59 bits per heavy atom. The van der Waals surface area contributed by atoms with Crippen molar-refractivity contribution in [3.05, 3.63) is 16.1 Å². The van der Waals surface area contributed by atoms with Gasteiger partial charge in [-0.05, 0) is 6.92 Å². The quantitative estimate of drug-likeness (QED) is 0.846. The number of nitrogens with zero attached hydrogens (tertiary/aromatic N) is 2. The molecular weight excluding hydrogens is 238 g/mol. The van der Waals surface area contributed by atoms with Crippen molar-refractivity contribution in [2.45, 2.75) is 13.5 Å². The lowest BCUT2D eigenvalue weighted by Crippen LogP contribution is -2.44. The molecule has 0 unspecified atom stereocenters. The number of thiazole rings is 1. The van der Waals surface area contributed by atoms with Gasteiger partial charge in [0.2, 0.25) is 5.91 Å². The highest BCUT2D eigenvalue weighted by atomic mass is 32.1. The van der Waals surface area contributed by atoms with Gasteiger partial charge in [-0.3, -0.25) is 4.79 Å². The van der Waals surface area contributed by atoms with Crippen molar-refractivity contribution >= 4 is 17.2 Å². The maximum absolute atomic E-state index is 11.8. The van der Waals surface area contributed by atoms with E-state index < -0.39 is 0 Å². The minimum atomic E-state index is 0.148. The van der Waals surface area contributed by atoms with Crippen LogP contribution in [0.3, 0.4) is 0 Å². The normalized spacial score (nSPS) is 16.2. The predicted molar refractivity (Wildman–Crippen MR) is 66.0 cm³/mol. The van der Waals surface area contributed by atoms with E-state index in [9.17, 15) is 4.79 Å². The van der Waals surface area contributed by atoms with Gasteiger partial charge in [-0.25, -0.2) is 4.98 Å². The van der Waals surface area contributed by atoms with Crippen LogP contribution in [0.15, 0.2) is 6.20 Å². The van der Waals surface area contributed by atoms with E-state index in [0.29, 0.717) is 39.4 Å². The summed E-state index contributed by atoms with van der Waals surface area (Å²) in [6.45, 7) is 5.80. The van der Waals surface area contributed by atoms with Crippen molar-refractivity contribution in [1.82, 2.24) is 15.2 Å². The number of ether oxygens (including phenoxy) is 1. The molecule has 5 nitrogen and oxygen atoms in total. The molecule has 1 fully saturated rings. The molecule has 0 bridgehead atoms. The molecule has 6 heteroatoms. The second-order valence-corrected chi connectivity index (χ2v) is 5.26. The number of aryl methyl sites for hydroxylation is 1. The Hall–Kier alpha value is -0.980. The molecular formula is C11H17N3O2S. The van der Waals surface area contributed by atoms with Gasteiger partial charge < -0.3 is 15.0 Å². The molecule has 1 N–H and O–H groups in total. The van der Waals surface area contributed by atoms with Gasteiger partial charge in [-0.2, -0.15) is 0 Å². The Kier molecular flexibility index (Phi) is 4.47. The fourth-order valence-corrected chi connectivity index (χ4v) is 2.47. The minimum Gasteiger partial charge on any atom is -0.378 e. The van der Waals surface area contributed by atoms with Crippen LogP contribution in [-0.2, 0) is 16.1 Å². The average Bonchev–Trinajstić information content (AvgIpc) is 2.76. The summed E-state index contributed by atoms with van der Waals surface area (Å²) in [6, 6.07) is 0. The number of nitrogens with one attached hydrogen (secondary N) is 1. The van der Waals surface area contributed by atoms with E-state index in [2.05, 4.69) is 10.3 Å². The third kappa shape index (κ3) is 3.76. The van der Waals surface area contributed by atoms with E-state index in [1.807, 2.05) is 18.0 Å². The fraction of sp³-hybridized carbons (Fsp3) is 0.636. The van der Waals surface area contributed by atoms with Gasteiger partial charge >= 0.3 is 0 Å². The molecule has 94 valence electrons. The van der Waals surface area contributed by atoms with Crippen LogP contribution < -0.4 is 5.32 Å². The van der Waals surface area contributed by atoms with Crippen molar-refractivity contribution in [3.63, 3.8) is 0 Å². The van der Waals surface area contributed by atoms with E-state index in [1.54, 1.807) is 11.3 Å². The standard InChI is InChI=1S/C11H17N3O2S/c1-9-13-7-10(17-9)6-12-8-11(15)14-2-4-16-5-3-14/h7,12H,2-6,8H2,1H3. The fourth-order valence-electron chi connectivity index (χ4n) is 1.70. The Morgan fingerprint density at radius 2 is 2.35 bits per heavy atom. The van der Waals surface area contributed by atoms with Crippen LogP contribution in [-0.4, -0.2) is 48.6 Å². The zero-order valence-corrected chi connectivity index (χ0v) is 10.8. The van der Waals surface area contributed by atoms with Crippen molar-refractivity contribution in [3.8, 4) is 0 Å². The molecule has 0 aromatic carbocycles. The van der Waals surface area contributed by atoms with Crippen molar-refractivity contribution in [1.29, 1.82) is 0 Å². The lowest BCUT2D eigenvalue weighted by atomic mass is 10.4. The van der Waals surface area contributed by atoms with Crippen molar-refractivity contribution in [2.24, 2.45) is 0 Å². The number of hydrogen-bond donors (Lipinski definition) is 1. The molecule has 0 spiro atoms. The van der Waals surface area contributed by atoms with Crippen LogP contribution in [0.4, 0.5) is 0 Å². The van der Waals surface area contributed by atoms with Crippen LogP contribution in [0.25, 0.3) is 0 Å². The molecule has 0 saturated carbocycles. The van der Waals surface area contributed by atoms with Crippen LogP contribution in [0.1, 0.15) is 9.88 Å². The number of carbonyl (C=O) groups is 1. The van der Waals surface area contributed by atoms with Crippen LogP contribution in [0.5, 0.6) is 0 Å². The highest BCUT2D eigenvalue weighted by Crippen LogP contribution is 2.10. The maximum atomic E-state index is 11.8. The molecule has 1 aromatic heterocycles. The third-order valence-corrected chi connectivity index (χ3v) is 3.52. The summed E-state index contributed by atoms with van der Waals surface area (Å²) in [4.78, 5) is 19.0. The molecule has 0 radical (unpaired) electrons. The molecule has 2 rings (SSSR count). The lowest BCUT2D eigenvalue weighted by molar-refractivity contribution is -0.134. The Bertz CT molecular complexity index is 375. The van der Waals surface area contributed by atoms with Crippen molar-refractivity contribution in [2.75, 3.05) is 32.8 Å². The molecule has 1 saturated heterocycles. The minimum absolute atomic E-state index is 0.148. The zero-order valence-electron chi connectivity index (χ0n) is 9.94. The average molecular weight is 255 g/mol. The number of morpholine rings is 1. The first kappa shape index (κ1) is 12.5. The molecule has 1 amide bonds. The van der Waals surface area contributed by atoms with Gasteiger partial charge in [0.25, 0.3) is 0 Å². The lowest BCUT2D eigenvalue weighted by Gasteiger charge is -2.26. The molecule has 1 aromatic rings. The van der Waals surface area contributed by atoms with Gasteiger partial charge in [-0.15, -0.1) is 11.3 Å². The van der Waals surface area contributed by atoms with Gasteiger partial charge in [0, 0.05) is 30.7 Å². The number of amides is 1. The van der Waals surface area contributed by atoms with Gasteiger partial charge in [0.15, 0.2) is 0 Å². The largest absolute Gasteiger partial charge is 0.378 e. The zero-order chi connectivity index (χ0) is 12.1. The monoisotopic (exact) mass is 255 g/mol. The highest BCUT2D eigenvalue weighted by molar-refractivity contribution is 7.11. The molecule has 17 heavy (non-hydrogen) atoms. The summed E-state index contributed by atoms with van der Waals surface area (Å²) in [7, 11) is 0. The second kappa shape index (κ2) is 6.09. The smallest absolute Gasteiger partial charge is 0.236 e. The van der Waals surface area contributed by atoms with E-state index in [1.165, 1.54) is 0 Å². The Balaban J connectivity index is 1.69. The Morgan fingerprint density at radius 3 is 3.00 bits per heavy atom. The number of hydrogen-bond acceptors (Lipinski definition) is 5. The van der Waals surface area contributed by atoms with E-state index in [0.717, 1.165) is 9.88 Å². The van der Waals surface area contributed by atoms with E-state index in [-0.39, 0.29) is 5.91 Å². The molecule has 1 aliphatic heterocycles. The molecule has 0 atom stereocenters.